The van der Waals surface area contributed by atoms with Crippen LogP contribution in [0.5, 0.6) is 0 Å². The lowest BCUT2D eigenvalue weighted by molar-refractivity contribution is -0.178. The van der Waals surface area contributed by atoms with E-state index in [-0.39, 0.29) is 17.4 Å². The van der Waals surface area contributed by atoms with Gasteiger partial charge in [-0.25, -0.2) is 0 Å². The molecule has 0 aliphatic heterocycles. The molecule has 0 radical (unpaired) electrons. The number of ether oxygens (including phenoxy) is 1. The summed E-state index contributed by atoms with van der Waals surface area (Å²) in [7, 11) is 1.74. The molecule has 1 amide bonds. The molecule has 1 aromatic heterocycles. The molecule has 1 aromatic rings. The highest BCUT2D eigenvalue weighted by Crippen LogP contribution is 2.50. The Hall–Kier alpha value is -1.40. The fourth-order valence-electron chi connectivity index (χ4n) is 2.95. The number of likely N-dealkylation sites (N-methyl/N-ethyl adjacent to an activating group) is 1. The van der Waals surface area contributed by atoms with Gasteiger partial charge in [-0.2, -0.15) is 0 Å². The molecule has 0 aromatic carbocycles. The van der Waals surface area contributed by atoms with Crippen molar-refractivity contribution in [2.24, 2.45) is 11.1 Å². The zero-order valence-corrected chi connectivity index (χ0v) is 13.5. The third-order valence-corrected chi connectivity index (χ3v) is 4.63. The van der Waals surface area contributed by atoms with Crippen molar-refractivity contribution in [2.45, 2.75) is 52.3 Å². The Morgan fingerprint density at radius 2 is 2.29 bits per heavy atom. The summed E-state index contributed by atoms with van der Waals surface area (Å²) in [5, 5.41) is 3.91. The molecule has 6 heteroatoms. The van der Waals surface area contributed by atoms with Crippen molar-refractivity contribution < 1.29 is 14.1 Å². The van der Waals surface area contributed by atoms with Crippen molar-refractivity contribution in [1.29, 1.82) is 0 Å². The van der Waals surface area contributed by atoms with E-state index in [1.807, 2.05) is 33.8 Å². The van der Waals surface area contributed by atoms with Crippen molar-refractivity contribution in [2.75, 3.05) is 13.7 Å². The Kier molecular flexibility index (Phi) is 4.13. The summed E-state index contributed by atoms with van der Waals surface area (Å²) in [4.78, 5) is 14.3. The molecule has 6 nitrogen and oxygen atoms in total. The van der Waals surface area contributed by atoms with Crippen LogP contribution in [0.4, 0.5) is 0 Å². The highest BCUT2D eigenvalue weighted by atomic mass is 16.5. The summed E-state index contributed by atoms with van der Waals surface area (Å²) in [6.07, 6.45) is 0.577. The molecule has 2 atom stereocenters. The maximum atomic E-state index is 12.7. The average molecular weight is 295 g/mol. The molecule has 21 heavy (non-hydrogen) atoms. The minimum atomic E-state index is -0.889. The molecule has 1 saturated carbocycles. The number of aromatic nitrogens is 1. The van der Waals surface area contributed by atoms with Crippen LogP contribution in [0, 0.1) is 12.3 Å². The lowest BCUT2D eigenvalue weighted by Gasteiger charge is -2.58. The van der Waals surface area contributed by atoms with Crippen LogP contribution in [0.1, 0.15) is 38.6 Å². The Labute approximate surface area is 125 Å². The smallest absolute Gasteiger partial charge is 0.243 e. The van der Waals surface area contributed by atoms with E-state index in [0.717, 1.165) is 11.5 Å². The van der Waals surface area contributed by atoms with Gasteiger partial charge in [0, 0.05) is 31.6 Å². The van der Waals surface area contributed by atoms with Crippen LogP contribution in [0.3, 0.4) is 0 Å². The van der Waals surface area contributed by atoms with Gasteiger partial charge in [-0.3, -0.25) is 4.79 Å². The van der Waals surface area contributed by atoms with Crippen molar-refractivity contribution in [3.8, 4) is 0 Å². The van der Waals surface area contributed by atoms with Crippen LogP contribution in [0.25, 0.3) is 0 Å². The van der Waals surface area contributed by atoms with Crippen LogP contribution < -0.4 is 5.73 Å². The zero-order valence-electron chi connectivity index (χ0n) is 13.5. The van der Waals surface area contributed by atoms with E-state index in [9.17, 15) is 4.79 Å². The number of aryl methyl sites for hydroxylation is 1. The molecule has 1 heterocycles. The summed E-state index contributed by atoms with van der Waals surface area (Å²) in [6, 6.07) is 1.82. The molecule has 0 spiro atoms. The van der Waals surface area contributed by atoms with Crippen molar-refractivity contribution in [3.63, 3.8) is 0 Å². The first kappa shape index (κ1) is 16.0. The Morgan fingerprint density at radius 1 is 1.62 bits per heavy atom. The van der Waals surface area contributed by atoms with Gasteiger partial charge >= 0.3 is 0 Å². The normalized spacial score (nSPS) is 27.2. The summed E-state index contributed by atoms with van der Waals surface area (Å²) in [5.74, 6) is 0.651. The monoisotopic (exact) mass is 295 g/mol. The van der Waals surface area contributed by atoms with Crippen molar-refractivity contribution >= 4 is 5.91 Å². The van der Waals surface area contributed by atoms with Crippen LogP contribution in [-0.2, 0) is 16.1 Å². The maximum Gasteiger partial charge on any atom is 0.243 e. The number of hydrogen-bond acceptors (Lipinski definition) is 5. The Balaban J connectivity index is 2.05. The maximum absolute atomic E-state index is 12.7. The molecule has 0 bridgehead atoms. The van der Waals surface area contributed by atoms with Crippen LogP contribution in [0.15, 0.2) is 10.6 Å². The zero-order chi connectivity index (χ0) is 15.8. The predicted octanol–water partition coefficient (Wildman–Crippen LogP) is 1.47. The van der Waals surface area contributed by atoms with Crippen LogP contribution in [0.2, 0.25) is 0 Å². The second-order valence-corrected chi connectivity index (χ2v) is 6.43. The highest BCUT2D eigenvalue weighted by Gasteiger charge is 2.63. The van der Waals surface area contributed by atoms with Gasteiger partial charge in [-0.1, -0.05) is 19.0 Å². The van der Waals surface area contributed by atoms with Gasteiger partial charge < -0.3 is 19.9 Å². The Bertz CT molecular complexity index is 526. The second-order valence-electron chi connectivity index (χ2n) is 6.43. The topological polar surface area (TPSA) is 81.6 Å². The number of amides is 1. The van der Waals surface area contributed by atoms with Gasteiger partial charge in [0.05, 0.1) is 12.6 Å². The molecule has 1 aliphatic carbocycles. The number of rotatable bonds is 5. The average Bonchev–Trinajstić information content (AvgIpc) is 2.82. The van der Waals surface area contributed by atoms with E-state index in [1.54, 1.807) is 11.9 Å². The van der Waals surface area contributed by atoms with E-state index in [4.69, 9.17) is 15.0 Å². The van der Waals surface area contributed by atoms with E-state index in [2.05, 4.69) is 5.16 Å². The van der Waals surface area contributed by atoms with Crippen LogP contribution >= 0.6 is 0 Å². The lowest BCUT2D eigenvalue weighted by atomic mass is 9.54. The van der Waals surface area contributed by atoms with Crippen molar-refractivity contribution in [3.05, 3.63) is 17.5 Å². The predicted molar refractivity (Wildman–Crippen MR) is 78.4 cm³/mol. The van der Waals surface area contributed by atoms with E-state index in [1.165, 1.54) is 0 Å². The highest BCUT2D eigenvalue weighted by molar-refractivity contribution is 5.88. The summed E-state index contributed by atoms with van der Waals surface area (Å²) >= 11 is 0. The first-order chi connectivity index (χ1) is 9.72. The van der Waals surface area contributed by atoms with Gasteiger partial charge in [0.15, 0.2) is 0 Å². The molecule has 1 fully saturated rings. The van der Waals surface area contributed by atoms with E-state index < -0.39 is 5.54 Å². The summed E-state index contributed by atoms with van der Waals surface area (Å²) in [5.41, 5.74) is 5.85. The van der Waals surface area contributed by atoms with Crippen LogP contribution in [-0.4, -0.2) is 41.3 Å². The lowest BCUT2D eigenvalue weighted by Crippen LogP contribution is -2.75. The number of nitrogens with two attached hydrogens (primary N) is 1. The fraction of sp³-hybridized carbons (Fsp3) is 0.733. The number of hydrogen-bond donors (Lipinski definition) is 1. The molecule has 118 valence electrons. The third-order valence-electron chi connectivity index (χ3n) is 4.63. The third kappa shape index (κ3) is 2.58. The first-order valence-corrected chi connectivity index (χ1v) is 7.30. The van der Waals surface area contributed by atoms with Gasteiger partial charge in [0.25, 0.3) is 0 Å². The minimum Gasteiger partial charge on any atom is -0.378 e. The molecule has 2 rings (SSSR count). The quantitative estimate of drug-likeness (QED) is 0.889. The molecular weight excluding hydrogens is 270 g/mol. The first-order valence-electron chi connectivity index (χ1n) is 7.30. The molecule has 2 unspecified atom stereocenters. The summed E-state index contributed by atoms with van der Waals surface area (Å²) in [6.45, 7) is 8.78. The second kappa shape index (κ2) is 5.42. The Morgan fingerprint density at radius 3 is 2.76 bits per heavy atom. The number of carbonyl (C=O) groups is 1. The van der Waals surface area contributed by atoms with E-state index in [0.29, 0.717) is 19.6 Å². The number of carbonyl (C=O) groups excluding carboxylic acids is 1. The standard InChI is InChI=1S/C15H25N3O3/c1-6-20-12-8-15(16,14(12,3)4)13(19)18(5)9-11-7-10(2)21-17-11/h7,12H,6,8-9,16H2,1-5H3. The SMILES string of the molecule is CCOC1CC(N)(C(=O)N(C)Cc2cc(C)on2)C1(C)C. The van der Waals surface area contributed by atoms with Crippen molar-refractivity contribution in [1.82, 2.24) is 10.1 Å². The fourth-order valence-corrected chi connectivity index (χ4v) is 2.95. The minimum absolute atomic E-state index is 0.0270. The van der Waals surface area contributed by atoms with Gasteiger partial charge in [0.2, 0.25) is 5.91 Å². The molecule has 1 aliphatic rings. The molecule has 0 saturated heterocycles. The largest absolute Gasteiger partial charge is 0.378 e. The molecule has 2 N–H and O–H groups in total. The van der Waals surface area contributed by atoms with Gasteiger partial charge in [-0.05, 0) is 13.8 Å². The van der Waals surface area contributed by atoms with Gasteiger partial charge in [-0.15, -0.1) is 0 Å². The molecular formula is C15H25N3O3. The van der Waals surface area contributed by atoms with E-state index >= 15 is 0 Å². The van der Waals surface area contributed by atoms with Gasteiger partial charge in [0.1, 0.15) is 17.0 Å². The number of nitrogens with zero attached hydrogens (tertiary/aromatic N) is 2. The summed E-state index contributed by atoms with van der Waals surface area (Å²) < 4.78 is 10.7.